The minimum Gasteiger partial charge on any atom is -0.497 e. The topological polar surface area (TPSA) is 25.4 Å². The van der Waals surface area contributed by atoms with Crippen molar-refractivity contribution in [2.24, 2.45) is 0 Å². The SMILES string of the molecule is COc1ccc(-c2cc(-c3ccccc3)nc3c2C(=S)N(c2cccc(F)c2)C3)cc1. The first-order chi connectivity index (χ1) is 15.1. The molecule has 4 aromatic rings. The molecule has 5 rings (SSSR count). The van der Waals surface area contributed by atoms with Crippen LogP contribution in [0.25, 0.3) is 22.4 Å². The van der Waals surface area contributed by atoms with E-state index in [4.69, 9.17) is 21.9 Å². The molecular weight excluding hydrogens is 407 g/mol. The third-order valence-electron chi connectivity index (χ3n) is 5.45. The normalized spacial score (nSPS) is 12.7. The predicted molar refractivity (Wildman–Crippen MR) is 126 cm³/mol. The molecule has 0 saturated heterocycles. The fourth-order valence-corrected chi connectivity index (χ4v) is 4.31. The summed E-state index contributed by atoms with van der Waals surface area (Å²) in [5.41, 5.74) is 6.50. The van der Waals surface area contributed by atoms with Crippen LogP contribution in [-0.2, 0) is 6.54 Å². The van der Waals surface area contributed by atoms with Crippen molar-refractivity contribution in [1.82, 2.24) is 4.98 Å². The van der Waals surface area contributed by atoms with Gasteiger partial charge in [0, 0.05) is 16.8 Å². The highest BCUT2D eigenvalue weighted by Crippen LogP contribution is 2.38. The van der Waals surface area contributed by atoms with Crippen molar-refractivity contribution in [3.8, 4) is 28.1 Å². The summed E-state index contributed by atoms with van der Waals surface area (Å²) in [6, 6.07) is 26.6. The molecule has 0 N–H and O–H groups in total. The number of methoxy groups -OCH3 is 1. The standard InChI is InChI=1S/C26H19FN2OS/c1-30-21-12-10-17(11-13-21)22-15-23(18-6-3-2-4-7-18)28-24-16-29(26(31)25(22)24)20-9-5-8-19(27)14-20/h2-15H,16H2,1H3. The Balaban J connectivity index is 1.67. The van der Waals surface area contributed by atoms with E-state index in [0.29, 0.717) is 11.5 Å². The van der Waals surface area contributed by atoms with Gasteiger partial charge in [-0.25, -0.2) is 4.39 Å². The van der Waals surface area contributed by atoms with Crippen LogP contribution in [0.15, 0.2) is 84.9 Å². The zero-order chi connectivity index (χ0) is 21.4. The number of fused-ring (bicyclic) bond motifs is 1. The van der Waals surface area contributed by atoms with Gasteiger partial charge in [0.05, 0.1) is 25.0 Å². The first-order valence-electron chi connectivity index (χ1n) is 9.95. The summed E-state index contributed by atoms with van der Waals surface area (Å²) in [5.74, 6) is 0.506. The Morgan fingerprint density at radius 3 is 2.39 bits per heavy atom. The number of pyridine rings is 1. The number of thiocarbonyl (C=S) groups is 1. The number of halogens is 1. The van der Waals surface area contributed by atoms with Crippen LogP contribution in [0.1, 0.15) is 11.3 Å². The highest BCUT2D eigenvalue weighted by molar-refractivity contribution is 7.81. The molecule has 0 spiro atoms. The molecule has 0 aliphatic carbocycles. The summed E-state index contributed by atoms with van der Waals surface area (Å²) >= 11 is 5.86. The second-order valence-corrected chi connectivity index (χ2v) is 7.73. The molecule has 1 aliphatic rings. The smallest absolute Gasteiger partial charge is 0.125 e. The van der Waals surface area contributed by atoms with Gasteiger partial charge in [0.15, 0.2) is 0 Å². The Hall–Kier alpha value is -3.57. The van der Waals surface area contributed by atoms with Crippen molar-refractivity contribution in [2.45, 2.75) is 6.54 Å². The lowest BCUT2D eigenvalue weighted by molar-refractivity contribution is 0.415. The number of anilines is 1. The summed E-state index contributed by atoms with van der Waals surface area (Å²) < 4.78 is 19.2. The van der Waals surface area contributed by atoms with Crippen molar-refractivity contribution in [3.63, 3.8) is 0 Å². The quantitative estimate of drug-likeness (QED) is 0.360. The molecule has 0 amide bonds. The van der Waals surface area contributed by atoms with Gasteiger partial charge in [0.25, 0.3) is 0 Å². The number of hydrogen-bond acceptors (Lipinski definition) is 3. The van der Waals surface area contributed by atoms with Crippen molar-refractivity contribution in [3.05, 3.63) is 102 Å². The second-order valence-electron chi connectivity index (χ2n) is 7.34. The average Bonchev–Trinajstić information content (AvgIpc) is 3.15. The Bertz CT molecular complexity index is 1270. The highest BCUT2D eigenvalue weighted by atomic mass is 32.1. The third kappa shape index (κ3) is 3.57. The summed E-state index contributed by atoms with van der Waals surface area (Å²) in [5, 5.41) is 0. The number of aromatic nitrogens is 1. The first-order valence-corrected chi connectivity index (χ1v) is 10.4. The zero-order valence-electron chi connectivity index (χ0n) is 16.9. The lowest BCUT2D eigenvalue weighted by Crippen LogP contribution is -2.22. The maximum Gasteiger partial charge on any atom is 0.125 e. The molecule has 1 aliphatic heterocycles. The molecule has 31 heavy (non-hydrogen) atoms. The number of hydrogen-bond donors (Lipinski definition) is 0. The van der Waals surface area contributed by atoms with Gasteiger partial charge in [-0.3, -0.25) is 4.98 Å². The molecule has 0 unspecified atom stereocenters. The summed E-state index contributed by atoms with van der Waals surface area (Å²) in [4.78, 5) is 7.54. The first kappa shape index (κ1) is 19.4. The van der Waals surface area contributed by atoms with Crippen LogP contribution in [-0.4, -0.2) is 17.1 Å². The van der Waals surface area contributed by atoms with Gasteiger partial charge >= 0.3 is 0 Å². The van der Waals surface area contributed by atoms with E-state index in [0.717, 1.165) is 45.1 Å². The minimum absolute atomic E-state index is 0.287. The van der Waals surface area contributed by atoms with Gasteiger partial charge in [-0.1, -0.05) is 60.7 Å². The molecule has 0 bridgehead atoms. The van der Waals surface area contributed by atoms with E-state index in [-0.39, 0.29) is 5.82 Å². The fourth-order valence-electron chi connectivity index (χ4n) is 3.92. The maximum absolute atomic E-state index is 13.9. The zero-order valence-corrected chi connectivity index (χ0v) is 17.7. The summed E-state index contributed by atoms with van der Waals surface area (Å²) in [6.45, 7) is 0.501. The molecule has 0 radical (unpaired) electrons. The molecule has 0 saturated carbocycles. The predicted octanol–water partition coefficient (Wildman–Crippen LogP) is 6.26. The van der Waals surface area contributed by atoms with Crippen molar-refractivity contribution >= 4 is 22.9 Å². The summed E-state index contributed by atoms with van der Waals surface area (Å²) in [7, 11) is 1.65. The van der Waals surface area contributed by atoms with E-state index < -0.39 is 0 Å². The van der Waals surface area contributed by atoms with Gasteiger partial charge < -0.3 is 9.64 Å². The maximum atomic E-state index is 13.9. The number of ether oxygens (including phenoxy) is 1. The number of benzene rings is 3. The van der Waals surface area contributed by atoms with Crippen LogP contribution < -0.4 is 9.64 Å². The van der Waals surface area contributed by atoms with Crippen LogP contribution in [0, 0.1) is 5.82 Å². The van der Waals surface area contributed by atoms with Crippen molar-refractivity contribution < 1.29 is 9.13 Å². The van der Waals surface area contributed by atoms with Gasteiger partial charge in [0.1, 0.15) is 16.6 Å². The highest BCUT2D eigenvalue weighted by Gasteiger charge is 2.30. The molecule has 3 aromatic carbocycles. The molecule has 3 nitrogen and oxygen atoms in total. The molecular formula is C26H19FN2OS. The van der Waals surface area contributed by atoms with E-state index in [1.54, 1.807) is 13.2 Å². The second kappa shape index (κ2) is 7.93. The molecule has 1 aromatic heterocycles. The van der Waals surface area contributed by atoms with Crippen molar-refractivity contribution in [2.75, 3.05) is 12.0 Å². The largest absolute Gasteiger partial charge is 0.497 e. The van der Waals surface area contributed by atoms with Crippen LogP contribution in [0.4, 0.5) is 10.1 Å². The number of nitrogens with zero attached hydrogens (tertiary/aromatic N) is 2. The Morgan fingerprint density at radius 2 is 1.68 bits per heavy atom. The van der Waals surface area contributed by atoms with E-state index in [9.17, 15) is 4.39 Å². The Labute approximate surface area is 185 Å². The van der Waals surface area contributed by atoms with Gasteiger partial charge in [-0.15, -0.1) is 0 Å². The lowest BCUT2D eigenvalue weighted by Gasteiger charge is -2.18. The fraction of sp³-hybridized carbons (Fsp3) is 0.0769. The van der Waals surface area contributed by atoms with Gasteiger partial charge in [-0.05, 0) is 47.5 Å². The minimum atomic E-state index is -0.287. The van der Waals surface area contributed by atoms with E-state index in [1.807, 2.05) is 65.6 Å². The van der Waals surface area contributed by atoms with E-state index >= 15 is 0 Å². The van der Waals surface area contributed by atoms with E-state index in [1.165, 1.54) is 12.1 Å². The Morgan fingerprint density at radius 1 is 0.903 bits per heavy atom. The third-order valence-corrected chi connectivity index (χ3v) is 5.88. The molecule has 0 fully saturated rings. The Kier molecular flexibility index (Phi) is 4.96. The van der Waals surface area contributed by atoms with Crippen LogP contribution in [0.3, 0.4) is 0 Å². The number of rotatable bonds is 4. The molecule has 2 heterocycles. The molecule has 152 valence electrons. The molecule has 5 heteroatoms. The van der Waals surface area contributed by atoms with Crippen LogP contribution in [0.2, 0.25) is 0 Å². The monoisotopic (exact) mass is 426 g/mol. The summed E-state index contributed by atoms with van der Waals surface area (Å²) in [6.07, 6.45) is 0. The van der Waals surface area contributed by atoms with E-state index in [2.05, 4.69) is 6.07 Å². The van der Waals surface area contributed by atoms with Crippen LogP contribution >= 0.6 is 12.2 Å². The van der Waals surface area contributed by atoms with Gasteiger partial charge in [-0.2, -0.15) is 0 Å². The van der Waals surface area contributed by atoms with Gasteiger partial charge in [0.2, 0.25) is 0 Å². The lowest BCUT2D eigenvalue weighted by atomic mass is 9.97. The average molecular weight is 427 g/mol. The van der Waals surface area contributed by atoms with Crippen molar-refractivity contribution in [1.29, 1.82) is 0 Å². The molecule has 0 atom stereocenters. The van der Waals surface area contributed by atoms with Crippen LogP contribution in [0.5, 0.6) is 5.75 Å².